The van der Waals surface area contributed by atoms with E-state index < -0.39 is 0 Å². The maximum atomic E-state index is 2.49. The summed E-state index contributed by atoms with van der Waals surface area (Å²) in [5.74, 6) is 0. The van der Waals surface area contributed by atoms with Gasteiger partial charge >= 0.3 is 0 Å². The highest BCUT2D eigenvalue weighted by atomic mass is 28.3. The van der Waals surface area contributed by atoms with Gasteiger partial charge in [-0.25, -0.2) is 0 Å². The molecule has 6 heavy (non-hydrogen) atoms. The van der Waals surface area contributed by atoms with Crippen LogP contribution in [0, 0.1) is 0 Å². The van der Waals surface area contributed by atoms with Crippen LogP contribution in [0.25, 0.3) is 0 Å². The molecule has 0 saturated carbocycles. The molecule has 0 atom stereocenters. The van der Waals surface area contributed by atoms with Gasteiger partial charge in [0.15, 0.2) is 0 Å². The fourth-order valence-electron chi connectivity index (χ4n) is 0.567. The average Bonchev–Trinajstić information content (AvgIpc) is 2.22. The second-order valence-corrected chi connectivity index (χ2v) is 7.99. The number of hydrogen-bond donors (Lipinski definition) is 0. The average molecular weight is 100 g/mol. The SMILES string of the molecule is CC[Si]1(C)CC1. The standard InChI is InChI=1S/C5H12Si/c1-3-6(2)4-5-6/h3-5H2,1-2H3. The summed E-state index contributed by atoms with van der Waals surface area (Å²) in [7, 11) is -0.381. The van der Waals surface area contributed by atoms with Crippen LogP contribution < -0.4 is 0 Å². The minimum atomic E-state index is -0.381. The fraction of sp³-hybridized carbons (Fsp3) is 1.00. The molecule has 1 heteroatoms. The van der Waals surface area contributed by atoms with Crippen LogP contribution in [0.3, 0.4) is 0 Å². The molecule has 0 unspecified atom stereocenters. The van der Waals surface area contributed by atoms with Crippen molar-refractivity contribution in [3.63, 3.8) is 0 Å². The van der Waals surface area contributed by atoms with E-state index in [-0.39, 0.29) is 8.07 Å². The Bertz CT molecular complexity index is 55.0. The largest absolute Gasteiger partial charge is 0.0692 e. The molecule has 1 aliphatic rings. The highest BCUT2D eigenvalue weighted by Crippen LogP contribution is 2.38. The Kier molecular flexibility index (Phi) is 0.797. The van der Waals surface area contributed by atoms with E-state index in [2.05, 4.69) is 13.5 Å². The molecule has 0 aliphatic carbocycles. The molecule has 1 rings (SSSR count). The molecule has 0 aromatic carbocycles. The van der Waals surface area contributed by atoms with Crippen molar-refractivity contribution in [2.75, 3.05) is 0 Å². The lowest BCUT2D eigenvalue weighted by Crippen LogP contribution is -2.01. The number of rotatable bonds is 1. The summed E-state index contributed by atoms with van der Waals surface area (Å²) in [5.41, 5.74) is 0. The van der Waals surface area contributed by atoms with Crippen LogP contribution in [0.5, 0.6) is 0 Å². The van der Waals surface area contributed by atoms with E-state index >= 15 is 0 Å². The normalized spacial score (nSPS) is 27.0. The van der Waals surface area contributed by atoms with E-state index in [1.165, 1.54) is 6.04 Å². The van der Waals surface area contributed by atoms with E-state index in [1.807, 2.05) is 0 Å². The highest BCUT2D eigenvalue weighted by Gasteiger charge is 2.36. The molecule has 0 radical (unpaired) electrons. The van der Waals surface area contributed by atoms with Crippen molar-refractivity contribution >= 4 is 8.07 Å². The molecular weight excluding hydrogens is 88.1 g/mol. The molecule has 0 aromatic heterocycles. The molecule has 1 fully saturated rings. The monoisotopic (exact) mass is 100 g/mol. The van der Waals surface area contributed by atoms with Gasteiger partial charge in [0.2, 0.25) is 0 Å². The van der Waals surface area contributed by atoms with E-state index in [0.717, 1.165) is 0 Å². The van der Waals surface area contributed by atoms with Crippen LogP contribution >= 0.6 is 0 Å². The van der Waals surface area contributed by atoms with Gasteiger partial charge in [-0.2, -0.15) is 0 Å². The quantitative estimate of drug-likeness (QED) is 0.443. The molecular formula is C5H12Si. The number of hydrogen-bond acceptors (Lipinski definition) is 0. The Hall–Kier alpha value is 0.217. The second kappa shape index (κ2) is 1.09. The summed E-state index contributed by atoms with van der Waals surface area (Å²) in [4.78, 5) is 0. The first-order chi connectivity index (χ1) is 2.77. The predicted molar refractivity (Wildman–Crippen MR) is 31.7 cm³/mol. The Balaban J connectivity index is 2.28. The van der Waals surface area contributed by atoms with E-state index in [4.69, 9.17) is 0 Å². The van der Waals surface area contributed by atoms with Crippen molar-refractivity contribution in [2.24, 2.45) is 0 Å². The summed E-state index contributed by atoms with van der Waals surface area (Å²) < 4.78 is 0. The van der Waals surface area contributed by atoms with Gasteiger partial charge in [0.25, 0.3) is 0 Å². The molecule has 0 bridgehead atoms. The van der Waals surface area contributed by atoms with Gasteiger partial charge in [-0.05, 0) is 0 Å². The molecule has 0 spiro atoms. The summed E-state index contributed by atoms with van der Waals surface area (Å²) in [6.45, 7) is 4.83. The third kappa shape index (κ3) is 0.646. The van der Waals surface area contributed by atoms with Crippen molar-refractivity contribution in [2.45, 2.75) is 31.6 Å². The van der Waals surface area contributed by atoms with Crippen molar-refractivity contribution in [3.8, 4) is 0 Å². The first-order valence-corrected chi connectivity index (χ1v) is 5.89. The topological polar surface area (TPSA) is 0 Å². The maximum absolute atomic E-state index is 2.49. The lowest BCUT2D eigenvalue weighted by atomic mass is 11.0. The van der Waals surface area contributed by atoms with Crippen LogP contribution in [0.15, 0.2) is 0 Å². The molecule has 0 N–H and O–H groups in total. The molecule has 0 nitrogen and oxygen atoms in total. The van der Waals surface area contributed by atoms with Gasteiger partial charge < -0.3 is 0 Å². The summed E-state index contributed by atoms with van der Waals surface area (Å²) in [5, 5.41) is 0. The molecule has 1 saturated heterocycles. The third-order valence-corrected chi connectivity index (χ3v) is 5.87. The Labute approximate surface area is 40.6 Å². The lowest BCUT2D eigenvalue weighted by Gasteiger charge is -1.93. The van der Waals surface area contributed by atoms with Gasteiger partial charge in [0.1, 0.15) is 0 Å². The smallest absolute Gasteiger partial charge is 0.0496 e. The van der Waals surface area contributed by atoms with Crippen LogP contribution in [0.1, 0.15) is 6.92 Å². The Morgan fingerprint density at radius 3 is 2.00 bits per heavy atom. The first kappa shape index (κ1) is 4.38. The van der Waals surface area contributed by atoms with Crippen LogP contribution in [-0.2, 0) is 0 Å². The minimum Gasteiger partial charge on any atom is -0.0692 e. The predicted octanol–water partition coefficient (Wildman–Crippen LogP) is 2.10. The molecule has 36 valence electrons. The molecule has 1 aliphatic heterocycles. The zero-order valence-corrected chi connectivity index (χ0v) is 5.62. The first-order valence-electron chi connectivity index (χ1n) is 2.77. The lowest BCUT2D eigenvalue weighted by molar-refractivity contribution is 1.41. The van der Waals surface area contributed by atoms with Crippen LogP contribution in [0.2, 0.25) is 24.7 Å². The van der Waals surface area contributed by atoms with Gasteiger partial charge in [-0.3, -0.25) is 0 Å². The fourth-order valence-corrected chi connectivity index (χ4v) is 2.98. The van der Waals surface area contributed by atoms with Gasteiger partial charge in [0.05, 0.1) is 0 Å². The zero-order valence-electron chi connectivity index (χ0n) is 4.62. The van der Waals surface area contributed by atoms with E-state index in [1.54, 1.807) is 12.1 Å². The Morgan fingerprint density at radius 2 is 2.00 bits per heavy atom. The maximum Gasteiger partial charge on any atom is 0.0496 e. The van der Waals surface area contributed by atoms with Crippen molar-refractivity contribution in [1.82, 2.24) is 0 Å². The second-order valence-electron chi connectivity index (χ2n) is 2.66. The molecule has 0 aromatic rings. The van der Waals surface area contributed by atoms with E-state index in [0.29, 0.717) is 0 Å². The van der Waals surface area contributed by atoms with Crippen molar-refractivity contribution < 1.29 is 0 Å². The summed E-state index contributed by atoms with van der Waals surface area (Å²) >= 11 is 0. The van der Waals surface area contributed by atoms with E-state index in [9.17, 15) is 0 Å². The van der Waals surface area contributed by atoms with Gasteiger partial charge in [0, 0.05) is 8.07 Å². The minimum absolute atomic E-state index is 0.381. The zero-order chi connectivity index (χ0) is 4.62. The Morgan fingerprint density at radius 1 is 1.50 bits per heavy atom. The van der Waals surface area contributed by atoms with Gasteiger partial charge in [-0.1, -0.05) is 31.6 Å². The van der Waals surface area contributed by atoms with Crippen LogP contribution in [-0.4, -0.2) is 8.07 Å². The van der Waals surface area contributed by atoms with Gasteiger partial charge in [-0.15, -0.1) is 0 Å². The van der Waals surface area contributed by atoms with Crippen LogP contribution in [0.4, 0.5) is 0 Å². The van der Waals surface area contributed by atoms with Crippen molar-refractivity contribution in [1.29, 1.82) is 0 Å². The molecule has 0 amide bonds. The summed E-state index contributed by atoms with van der Waals surface area (Å²) in [6.07, 6.45) is 0. The molecule has 1 heterocycles. The summed E-state index contributed by atoms with van der Waals surface area (Å²) in [6, 6.07) is 4.75. The highest BCUT2D eigenvalue weighted by molar-refractivity contribution is 6.88. The third-order valence-electron chi connectivity index (χ3n) is 1.96. The van der Waals surface area contributed by atoms with Crippen molar-refractivity contribution in [3.05, 3.63) is 0 Å².